The molecule has 2 aliphatic heterocycles. The monoisotopic (exact) mass is 407 g/mol. The molecule has 158 valence electrons. The average molecular weight is 407 g/mol. The summed E-state index contributed by atoms with van der Waals surface area (Å²) in [5.41, 5.74) is -0.738. The Balaban J connectivity index is 1.56. The molecule has 0 spiro atoms. The maximum absolute atomic E-state index is 12.4. The van der Waals surface area contributed by atoms with Gasteiger partial charge in [-0.15, -0.1) is 0 Å². The van der Waals surface area contributed by atoms with Crippen molar-refractivity contribution in [3.05, 3.63) is 27.8 Å². The number of nitro groups is 1. The van der Waals surface area contributed by atoms with Gasteiger partial charge in [0.1, 0.15) is 18.8 Å². The van der Waals surface area contributed by atoms with E-state index in [0.29, 0.717) is 6.04 Å². The first-order chi connectivity index (χ1) is 13.8. The standard InChI is InChI=1S/C19H25N3O7/c1-12(2)21-5-3-13(4-6-21)20-18(23)11-29-19(24)14-9-16-17(28-8-7-27-16)10-15(14)22(25)26/h9-10,12-13H,3-8,11H2,1-2H3,(H,20,23). The molecule has 29 heavy (non-hydrogen) atoms. The Labute approximate surface area is 168 Å². The van der Waals surface area contributed by atoms with E-state index in [1.165, 1.54) is 6.07 Å². The van der Waals surface area contributed by atoms with Crippen molar-refractivity contribution in [2.75, 3.05) is 32.9 Å². The number of piperidine rings is 1. The van der Waals surface area contributed by atoms with Gasteiger partial charge in [-0.05, 0) is 26.7 Å². The quantitative estimate of drug-likeness (QED) is 0.428. The summed E-state index contributed by atoms with van der Waals surface area (Å²) in [6.45, 7) is 6.10. The Morgan fingerprint density at radius 3 is 2.45 bits per heavy atom. The van der Waals surface area contributed by atoms with Gasteiger partial charge < -0.3 is 24.4 Å². The minimum absolute atomic E-state index is 0.0276. The number of carbonyl (C=O) groups excluding carboxylic acids is 2. The summed E-state index contributed by atoms with van der Waals surface area (Å²) in [4.78, 5) is 37.4. The van der Waals surface area contributed by atoms with Crippen molar-refractivity contribution in [3.63, 3.8) is 0 Å². The van der Waals surface area contributed by atoms with Gasteiger partial charge in [-0.1, -0.05) is 0 Å². The summed E-state index contributed by atoms with van der Waals surface area (Å²) in [7, 11) is 0. The Morgan fingerprint density at radius 2 is 1.86 bits per heavy atom. The molecule has 0 atom stereocenters. The molecule has 3 rings (SSSR count). The van der Waals surface area contributed by atoms with E-state index in [2.05, 4.69) is 24.1 Å². The van der Waals surface area contributed by atoms with Crippen LogP contribution in [0.2, 0.25) is 0 Å². The van der Waals surface area contributed by atoms with Crippen LogP contribution in [0.3, 0.4) is 0 Å². The van der Waals surface area contributed by atoms with E-state index in [1.54, 1.807) is 0 Å². The highest BCUT2D eigenvalue weighted by Gasteiger charge is 2.28. The lowest BCUT2D eigenvalue weighted by Gasteiger charge is -2.34. The number of fused-ring (bicyclic) bond motifs is 1. The summed E-state index contributed by atoms with van der Waals surface area (Å²) < 4.78 is 15.7. The molecule has 10 nitrogen and oxygen atoms in total. The van der Waals surface area contributed by atoms with Gasteiger partial charge in [0.15, 0.2) is 18.1 Å². The molecular formula is C19H25N3O7. The summed E-state index contributed by atoms with van der Waals surface area (Å²) >= 11 is 0. The van der Waals surface area contributed by atoms with E-state index in [9.17, 15) is 19.7 Å². The Bertz CT molecular complexity index is 788. The van der Waals surface area contributed by atoms with Crippen LogP contribution in [0.25, 0.3) is 0 Å². The van der Waals surface area contributed by atoms with E-state index in [4.69, 9.17) is 14.2 Å². The lowest BCUT2D eigenvalue weighted by atomic mass is 10.0. The van der Waals surface area contributed by atoms with Crippen molar-refractivity contribution in [1.82, 2.24) is 10.2 Å². The van der Waals surface area contributed by atoms with Gasteiger partial charge in [0.25, 0.3) is 11.6 Å². The lowest BCUT2D eigenvalue weighted by molar-refractivity contribution is -0.385. The third-order valence-corrected chi connectivity index (χ3v) is 5.04. The Kier molecular flexibility index (Phi) is 6.53. The van der Waals surface area contributed by atoms with Crippen molar-refractivity contribution >= 4 is 17.6 Å². The fourth-order valence-corrected chi connectivity index (χ4v) is 3.43. The molecule has 1 aromatic rings. The summed E-state index contributed by atoms with van der Waals surface area (Å²) in [6, 6.07) is 2.84. The number of nitrogens with zero attached hydrogens (tertiary/aromatic N) is 2. The van der Waals surface area contributed by atoms with Crippen LogP contribution in [0.4, 0.5) is 5.69 Å². The summed E-state index contributed by atoms with van der Waals surface area (Å²) in [6.07, 6.45) is 1.65. The number of nitro benzene ring substituents is 1. The highest BCUT2D eigenvalue weighted by Crippen LogP contribution is 2.36. The Hall–Kier alpha value is -2.88. The van der Waals surface area contributed by atoms with Crippen LogP contribution in [-0.2, 0) is 9.53 Å². The molecule has 0 saturated carbocycles. The van der Waals surface area contributed by atoms with E-state index in [1.807, 2.05) is 0 Å². The van der Waals surface area contributed by atoms with Crippen LogP contribution in [-0.4, -0.2) is 66.7 Å². The number of carbonyl (C=O) groups is 2. The molecule has 2 heterocycles. The minimum Gasteiger partial charge on any atom is -0.486 e. The van der Waals surface area contributed by atoms with E-state index in [-0.39, 0.29) is 36.3 Å². The lowest BCUT2D eigenvalue weighted by Crippen LogP contribution is -2.47. The number of hydrogen-bond donors (Lipinski definition) is 1. The largest absolute Gasteiger partial charge is 0.486 e. The van der Waals surface area contributed by atoms with Crippen molar-refractivity contribution < 1.29 is 28.7 Å². The number of rotatable bonds is 6. The number of benzene rings is 1. The van der Waals surface area contributed by atoms with Crippen LogP contribution in [0, 0.1) is 10.1 Å². The van der Waals surface area contributed by atoms with Crippen LogP contribution in [0.5, 0.6) is 11.5 Å². The molecule has 1 amide bonds. The van der Waals surface area contributed by atoms with Gasteiger partial charge in [0, 0.05) is 31.2 Å². The summed E-state index contributed by atoms with van der Waals surface area (Å²) in [5, 5.41) is 14.2. The number of amides is 1. The molecule has 0 aliphatic carbocycles. The van der Waals surface area contributed by atoms with Gasteiger partial charge in [-0.25, -0.2) is 4.79 Å². The number of esters is 1. The smallest absolute Gasteiger partial charge is 0.345 e. The fraction of sp³-hybridized carbons (Fsp3) is 0.579. The predicted molar refractivity (Wildman–Crippen MR) is 102 cm³/mol. The molecule has 0 radical (unpaired) electrons. The van der Waals surface area contributed by atoms with Gasteiger partial charge >= 0.3 is 5.97 Å². The second-order valence-corrected chi connectivity index (χ2v) is 7.32. The highest BCUT2D eigenvalue weighted by atomic mass is 16.6. The zero-order valence-corrected chi connectivity index (χ0v) is 16.5. The normalized spacial score (nSPS) is 17.1. The molecule has 0 unspecified atom stereocenters. The van der Waals surface area contributed by atoms with Crippen molar-refractivity contribution in [1.29, 1.82) is 0 Å². The van der Waals surface area contributed by atoms with Crippen LogP contribution >= 0.6 is 0 Å². The molecule has 10 heteroatoms. The maximum Gasteiger partial charge on any atom is 0.345 e. The molecule has 2 aliphatic rings. The third kappa shape index (κ3) is 5.14. The molecule has 1 saturated heterocycles. The SMILES string of the molecule is CC(C)N1CCC(NC(=O)COC(=O)c2cc3c(cc2[N+](=O)[O-])OCCO3)CC1. The van der Waals surface area contributed by atoms with Crippen LogP contribution < -0.4 is 14.8 Å². The second kappa shape index (κ2) is 9.08. The first-order valence-electron chi connectivity index (χ1n) is 9.63. The van der Waals surface area contributed by atoms with Gasteiger partial charge in [0.2, 0.25) is 0 Å². The molecule has 0 aromatic heterocycles. The van der Waals surface area contributed by atoms with Gasteiger partial charge in [-0.3, -0.25) is 14.9 Å². The van der Waals surface area contributed by atoms with Crippen LogP contribution in [0.15, 0.2) is 12.1 Å². The van der Waals surface area contributed by atoms with E-state index < -0.39 is 29.1 Å². The fourth-order valence-electron chi connectivity index (χ4n) is 3.43. The van der Waals surface area contributed by atoms with Crippen molar-refractivity contribution in [3.8, 4) is 11.5 Å². The minimum atomic E-state index is -0.960. The molecular weight excluding hydrogens is 382 g/mol. The first-order valence-corrected chi connectivity index (χ1v) is 9.63. The molecule has 1 aromatic carbocycles. The number of likely N-dealkylation sites (tertiary alicyclic amines) is 1. The van der Waals surface area contributed by atoms with Gasteiger partial charge in [0.05, 0.1) is 11.0 Å². The molecule has 0 bridgehead atoms. The van der Waals surface area contributed by atoms with Crippen LogP contribution in [0.1, 0.15) is 37.0 Å². The second-order valence-electron chi connectivity index (χ2n) is 7.32. The highest BCUT2D eigenvalue weighted by molar-refractivity contribution is 5.96. The predicted octanol–water partition coefficient (Wildman–Crippen LogP) is 1.51. The van der Waals surface area contributed by atoms with Gasteiger partial charge in [-0.2, -0.15) is 0 Å². The van der Waals surface area contributed by atoms with Crippen molar-refractivity contribution in [2.24, 2.45) is 0 Å². The first kappa shape index (κ1) is 20.8. The molecule has 1 N–H and O–H groups in total. The number of ether oxygens (including phenoxy) is 3. The Morgan fingerprint density at radius 1 is 1.24 bits per heavy atom. The van der Waals surface area contributed by atoms with E-state index in [0.717, 1.165) is 32.0 Å². The van der Waals surface area contributed by atoms with E-state index >= 15 is 0 Å². The average Bonchev–Trinajstić information content (AvgIpc) is 2.71. The number of hydrogen-bond acceptors (Lipinski definition) is 8. The van der Waals surface area contributed by atoms with Crippen molar-refractivity contribution in [2.45, 2.75) is 38.8 Å². The molecule has 1 fully saturated rings. The zero-order valence-electron chi connectivity index (χ0n) is 16.5. The summed E-state index contributed by atoms with van der Waals surface area (Å²) in [5.74, 6) is -0.958. The third-order valence-electron chi connectivity index (χ3n) is 5.04. The number of nitrogens with one attached hydrogen (secondary N) is 1. The zero-order chi connectivity index (χ0) is 21.0. The topological polar surface area (TPSA) is 120 Å². The maximum atomic E-state index is 12.4.